The maximum absolute atomic E-state index is 12.2. The van der Waals surface area contributed by atoms with Gasteiger partial charge >= 0.3 is 5.97 Å². The van der Waals surface area contributed by atoms with Gasteiger partial charge in [0, 0.05) is 11.7 Å². The number of aromatic carboxylic acids is 1. The van der Waals surface area contributed by atoms with Crippen LogP contribution in [0.15, 0.2) is 23.1 Å². The van der Waals surface area contributed by atoms with Crippen LogP contribution in [-0.4, -0.2) is 36.7 Å². The van der Waals surface area contributed by atoms with E-state index in [2.05, 4.69) is 4.72 Å². The maximum atomic E-state index is 12.2. The molecule has 8 heteroatoms. The molecule has 0 bridgehead atoms. The number of hydrogen-bond donors (Lipinski definition) is 4. The Balaban J connectivity index is 3.15. The Labute approximate surface area is 117 Å². The average molecular weight is 302 g/mol. The number of carbonyl (C=O) groups is 1. The molecule has 5 N–H and O–H groups in total. The third-order valence-electron chi connectivity index (χ3n) is 2.58. The van der Waals surface area contributed by atoms with Crippen molar-refractivity contribution in [1.29, 1.82) is 0 Å². The van der Waals surface area contributed by atoms with Crippen LogP contribution in [0, 0.1) is 0 Å². The largest absolute Gasteiger partial charge is 0.478 e. The molecule has 20 heavy (non-hydrogen) atoms. The van der Waals surface area contributed by atoms with Gasteiger partial charge in [-0.1, -0.05) is 0 Å². The molecule has 0 radical (unpaired) electrons. The molecule has 0 fully saturated rings. The van der Waals surface area contributed by atoms with Crippen LogP contribution in [0.1, 0.15) is 30.6 Å². The Morgan fingerprint density at radius 1 is 1.40 bits per heavy atom. The Hall–Kier alpha value is -1.64. The third-order valence-corrected chi connectivity index (χ3v) is 4.21. The van der Waals surface area contributed by atoms with Crippen LogP contribution in [-0.2, 0) is 10.0 Å². The summed E-state index contributed by atoms with van der Waals surface area (Å²) in [6, 6.07) is 3.02. The molecule has 0 aliphatic heterocycles. The van der Waals surface area contributed by atoms with Crippen molar-refractivity contribution >= 4 is 21.7 Å². The van der Waals surface area contributed by atoms with E-state index in [1.165, 1.54) is 13.0 Å². The molecule has 0 amide bonds. The van der Waals surface area contributed by atoms with E-state index in [1.54, 1.807) is 6.92 Å². The first-order chi connectivity index (χ1) is 9.13. The number of nitrogens with two attached hydrogens (primary N) is 1. The monoisotopic (exact) mass is 302 g/mol. The fourth-order valence-corrected chi connectivity index (χ4v) is 3.32. The molecule has 1 aromatic rings. The van der Waals surface area contributed by atoms with Gasteiger partial charge in [-0.15, -0.1) is 0 Å². The molecule has 2 unspecified atom stereocenters. The van der Waals surface area contributed by atoms with Crippen molar-refractivity contribution in [1.82, 2.24) is 4.72 Å². The topological polar surface area (TPSA) is 130 Å². The highest BCUT2D eigenvalue weighted by molar-refractivity contribution is 7.89. The van der Waals surface area contributed by atoms with Gasteiger partial charge in [0.15, 0.2) is 0 Å². The van der Waals surface area contributed by atoms with Crippen LogP contribution in [0.2, 0.25) is 0 Å². The first-order valence-electron chi connectivity index (χ1n) is 5.96. The number of aliphatic hydroxyl groups excluding tert-OH is 1. The van der Waals surface area contributed by atoms with Crippen LogP contribution in [0.5, 0.6) is 0 Å². The number of anilines is 1. The van der Waals surface area contributed by atoms with E-state index < -0.39 is 28.1 Å². The SMILES string of the molecule is CC(O)CC(C)NS(=O)(=O)c1cc(N)ccc1C(=O)O. The van der Waals surface area contributed by atoms with Crippen molar-refractivity contribution in [3.63, 3.8) is 0 Å². The van der Waals surface area contributed by atoms with Crippen LogP contribution in [0.25, 0.3) is 0 Å². The predicted molar refractivity (Wildman–Crippen MR) is 73.9 cm³/mol. The lowest BCUT2D eigenvalue weighted by Crippen LogP contribution is -2.35. The highest BCUT2D eigenvalue weighted by Gasteiger charge is 2.24. The smallest absolute Gasteiger partial charge is 0.337 e. The zero-order chi connectivity index (χ0) is 15.5. The van der Waals surface area contributed by atoms with Gasteiger partial charge in [0.25, 0.3) is 0 Å². The molecular weight excluding hydrogens is 284 g/mol. The van der Waals surface area contributed by atoms with Gasteiger partial charge in [-0.2, -0.15) is 0 Å². The zero-order valence-corrected chi connectivity index (χ0v) is 12.0. The number of hydrogen-bond acceptors (Lipinski definition) is 5. The van der Waals surface area contributed by atoms with E-state index in [4.69, 9.17) is 10.8 Å². The average Bonchev–Trinajstić information content (AvgIpc) is 2.26. The quantitative estimate of drug-likeness (QED) is 0.563. The lowest BCUT2D eigenvalue weighted by atomic mass is 10.2. The summed E-state index contributed by atoms with van der Waals surface area (Å²) in [7, 11) is -4.03. The number of aliphatic hydroxyl groups is 1. The van der Waals surface area contributed by atoms with E-state index in [-0.39, 0.29) is 22.6 Å². The van der Waals surface area contributed by atoms with Crippen molar-refractivity contribution < 1.29 is 23.4 Å². The second-order valence-electron chi connectivity index (χ2n) is 4.67. The van der Waals surface area contributed by atoms with Crippen molar-refractivity contribution in [2.45, 2.75) is 37.3 Å². The van der Waals surface area contributed by atoms with Crippen molar-refractivity contribution in [2.75, 3.05) is 5.73 Å². The molecule has 2 atom stereocenters. The summed E-state index contributed by atoms with van der Waals surface area (Å²) < 4.78 is 26.7. The summed E-state index contributed by atoms with van der Waals surface area (Å²) in [5.74, 6) is -1.35. The molecule has 112 valence electrons. The summed E-state index contributed by atoms with van der Waals surface area (Å²) in [5.41, 5.74) is 5.31. The summed E-state index contributed by atoms with van der Waals surface area (Å²) >= 11 is 0. The normalized spacial score (nSPS) is 14.8. The van der Waals surface area contributed by atoms with Crippen molar-refractivity contribution in [2.24, 2.45) is 0 Å². The fourth-order valence-electron chi connectivity index (χ4n) is 1.83. The predicted octanol–water partition coefficient (Wildman–Crippen LogP) is 0.405. The number of rotatable bonds is 6. The van der Waals surface area contributed by atoms with Crippen LogP contribution in [0.3, 0.4) is 0 Å². The number of nitrogens with one attached hydrogen (secondary N) is 1. The molecule has 0 saturated heterocycles. The Bertz CT molecular complexity index is 598. The molecule has 0 aliphatic rings. The Morgan fingerprint density at radius 2 is 2.00 bits per heavy atom. The Morgan fingerprint density at radius 3 is 2.50 bits per heavy atom. The second-order valence-corrected chi connectivity index (χ2v) is 6.35. The van der Waals surface area contributed by atoms with Crippen LogP contribution >= 0.6 is 0 Å². The van der Waals surface area contributed by atoms with Crippen LogP contribution in [0.4, 0.5) is 5.69 Å². The number of carboxylic acid groups (broad SMARTS) is 1. The second kappa shape index (κ2) is 6.21. The zero-order valence-electron chi connectivity index (χ0n) is 11.2. The summed E-state index contributed by atoms with van der Waals surface area (Å²) in [6.07, 6.45) is -0.461. The molecule has 0 saturated carbocycles. The molecule has 0 spiro atoms. The standard InChI is InChI=1S/C12H18N2O5S/c1-7(5-8(2)15)14-20(18,19)11-6-9(13)3-4-10(11)12(16)17/h3-4,6-8,14-15H,5,13H2,1-2H3,(H,16,17). The lowest BCUT2D eigenvalue weighted by molar-refractivity contribution is 0.0692. The van der Waals surface area contributed by atoms with Gasteiger partial charge in [-0.05, 0) is 38.5 Å². The van der Waals surface area contributed by atoms with Gasteiger partial charge < -0.3 is 15.9 Å². The molecular formula is C12H18N2O5S. The van der Waals surface area contributed by atoms with Gasteiger partial charge in [0.2, 0.25) is 10.0 Å². The van der Waals surface area contributed by atoms with E-state index in [1.807, 2.05) is 0 Å². The van der Waals surface area contributed by atoms with E-state index >= 15 is 0 Å². The molecule has 0 aliphatic carbocycles. The summed E-state index contributed by atoms with van der Waals surface area (Å²) in [6.45, 7) is 3.12. The number of benzene rings is 1. The third kappa shape index (κ3) is 4.19. The highest BCUT2D eigenvalue weighted by Crippen LogP contribution is 2.20. The van der Waals surface area contributed by atoms with Crippen molar-refractivity contribution in [3.05, 3.63) is 23.8 Å². The molecule has 1 rings (SSSR count). The van der Waals surface area contributed by atoms with Gasteiger partial charge in [0.05, 0.1) is 16.6 Å². The van der Waals surface area contributed by atoms with E-state index in [0.717, 1.165) is 12.1 Å². The molecule has 0 heterocycles. The maximum Gasteiger partial charge on any atom is 0.337 e. The fraction of sp³-hybridized carbons (Fsp3) is 0.417. The highest BCUT2D eigenvalue weighted by atomic mass is 32.2. The minimum Gasteiger partial charge on any atom is -0.478 e. The minimum absolute atomic E-state index is 0.151. The van der Waals surface area contributed by atoms with Gasteiger partial charge in [-0.25, -0.2) is 17.9 Å². The Kier molecular flexibility index (Phi) is 5.09. The van der Waals surface area contributed by atoms with E-state index in [9.17, 15) is 18.3 Å². The lowest BCUT2D eigenvalue weighted by Gasteiger charge is -2.16. The number of sulfonamides is 1. The van der Waals surface area contributed by atoms with Gasteiger partial charge in [-0.3, -0.25) is 0 Å². The van der Waals surface area contributed by atoms with Crippen LogP contribution < -0.4 is 10.5 Å². The van der Waals surface area contributed by atoms with E-state index in [0.29, 0.717) is 0 Å². The van der Waals surface area contributed by atoms with Crippen molar-refractivity contribution in [3.8, 4) is 0 Å². The first kappa shape index (κ1) is 16.4. The number of nitrogen functional groups attached to an aromatic ring is 1. The molecule has 0 aromatic heterocycles. The summed E-state index contributed by atoms with van der Waals surface area (Å²) in [4.78, 5) is 10.7. The first-order valence-corrected chi connectivity index (χ1v) is 7.45. The number of carboxylic acids is 1. The molecule has 7 nitrogen and oxygen atoms in total. The summed E-state index contributed by atoms with van der Waals surface area (Å²) in [5, 5.41) is 18.3. The van der Waals surface area contributed by atoms with Gasteiger partial charge in [0.1, 0.15) is 0 Å². The molecule has 1 aromatic carbocycles. The minimum atomic E-state index is -4.03.